The molecule has 1 atom stereocenters. The van der Waals surface area contributed by atoms with E-state index in [1.807, 2.05) is 6.92 Å². The number of rotatable bonds is 8. The summed E-state index contributed by atoms with van der Waals surface area (Å²) in [6.45, 7) is 1.85. The van der Waals surface area contributed by atoms with E-state index >= 15 is 0 Å². The van der Waals surface area contributed by atoms with E-state index in [-0.39, 0.29) is 16.7 Å². The summed E-state index contributed by atoms with van der Waals surface area (Å²) in [4.78, 5) is 48.9. The van der Waals surface area contributed by atoms with Crippen molar-refractivity contribution in [1.29, 1.82) is 0 Å². The summed E-state index contributed by atoms with van der Waals surface area (Å²) in [5, 5.41) is 15.2. The Morgan fingerprint density at radius 3 is 2.64 bits per heavy atom. The molecule has 0 bridgehead atoms. The lowest BCUT2D eigenvalue weighted by molar-refractivity contribution is -0.140. The molecule has 1 rings (SSSR count). The molecule has 120 valence electrons. The maximum atomic E-state index is 11.9. The van der Waals surface area contributed by atoms with Crippen LogP contribution in [0.25, 0.3) is 0 Å². The summed E-state index contributed by atoms with van der Waals surface area (Å²) >= 11 is 1.04. The third-order valence-corrected chi connectivity index (χ3v) is 3.23. The number of carboxylic acids is 1. The Balaban J connectivity index is 2.69. The van der Waals surface area contributed by atoms with Gasteiger partial charge in [0.25, 0.3) is 5.91 Å². The van der Waals surface area contributed by atoms with Crippen molar-refractivity contribution in [2.75, 3.05) is 5.32 Å². The lowest BCUT2D eigenvalue weighted by Crippen LogP contribution is -2.43. The fraction of sp³-hybridized carbons (Fsp3) is 0.417. The van der Waals surface area contributed by atoms with Gasteiger partial charge < -0.3 is 21.5 Å². The van der Waals surface area contributed by atoms with Crippen LogP contribution in [0, 0.1) is 0 Å². The first kappa shape index (κ1) is 17.6. The summed E-state index contributed by atoms with van der Waals surface area (Å²) in [6, 6.07) is -1.43. The van der Waals surface area contributed by atoms with Gasteiger partial charge >= 0.3 is 5.97 Å². The van der Waals surface area contributed by atoms with Crippen molar-refractivity contribution in [3.8, 4) is 0 Å². The van der Waals surface area contributed by atoms with Crippen molar-refractivity contribution in [2.24, 2.45) is 5.73 Å². The van der Waals surface area contributed by atoms with Crippen LogP contribution < -0.4 is 16.4 Å². The summed E-state index contributed by atoms with van der Waals surface area (Å²) < 4.78 is 0. The number of carbonyl (C=O) groups is 4. The first-order valence-corrected chi connectivity index (χ1v) is 7.28. The number of nitrogens with zero attached hydrogens (tertiary/aromatic N) is 1. The van der Waals surface area contributed by atoms with E-state index in [1.54, 1.807) is 0 Å². The topological polar surface area (TPSA) is 151 Å². The zero-order chi connectivity index (χ0) is 16.7. The summed E-state index contributed by atoms with van der Waals surface area (Å²) in [5.74, 6) is -3.21. The molecule has 9 nitrogen and oxygen atoms in total. The standard InChI is InChI=1S/C12H16N4O5S/c1-2-3-9(18)16-12-15-7(5-22-12)10(19)14-6(11(20)21)4-8(13)17/h5-6H,2-4H2,1H3,(H2,13,17)(H,14,19)(H,20,21)(H,15,16,18). The van der Waals surface area contributed by atoms with E-state index in [4.69, 9.17) is 10.8 Å². The van der Waals surface area contributed by atoms with Crippen LogP contribution in [0.2, 0.25) is 0 Å². The molecule has 0 aromatic carbocycles. The molecule has 5 N–H and O–H groups in total. The highest BCUT2D eigenvalue weighted by Gasteiger charge is 2.24. The number of nitrogens with one attached hydrogen (secondary N) is 2. The van der Waals surface area contributed by atoms with Crippen LogP contribution in [0.1, 0.15) is 36.7 Å². The van der Waals surface area contributed by atoms with Crippen molar-refractivity contribution in [2.45, 2.75) is 32.2 Å². The number of aliphatic carboxylic acids is 1. The number of nitrogens with two attached hydrogens (primary N) is 1. The first-order chi connectivity index (χ1) is 10.3. The van der Waals surface area contributed by atoms with Crippen LogP contribution in [-0.2, 0) is 14.4 Å². The third-order valence-electron chi connectivity index (χ3n) is 2.47. The molecule has 1 aromatic rings. The van der Waals surface area contributed by atoms with Gasteiger partial charge in [-0.1, -0.05) is 6.92 Å². The Bertz CT molecular complexity index is 586. The molecule has 0 saturated carbocycles. The van der Waals surface area contributed by atoms with Gasteiger partial charge in [-0.2, -0.15) is 0 Å². The summed E-state index contributed by atoms with van der Waals surface area (Å²) in [7, 11) is 0. The molecule has 1 unspecified atom stereocenters. The molecule has 0 aliphatic carbocycles. The van der Waals surface area contributed by atoms with E-state index in [1.165, 1.54) is 5.38 Å². The van der Waals surface area contributed by atoms with Gasteiger partial charge in [-0.3, -0.25) is 14.4 Å². The molecule has 0 spiro atoms. The highest BCUT2D eigenvalue weighted by Crippen LogP contribution is 2.16. The molecule has 0 aliphatic rings. The molecule has 0 saturated heterocycles. The van der Waals surface area contributed by atoms with Crippen LogP contribution >= 0.6 is 11.3 Å². The van der Waals surface area contributed by atoms with Crippen LogP contribution in [0.4, 0.5) is 5.13 Å². The van der Waals surface area contributed by atoms with Crippen molar-refractivity contribution < 1.29 is 24.3 Å². The quantitative estimate of drug-likeness (QED) is 0.524. The largest absolute Gasteiger partial charge is 0.480 e. The predicted octanol–water partition coefficient (Wildman–Crippen LogP) is -0.0599. The van der Waals surface area contributed by atoms with E-state index in [0.717, 1.165) is 11.3 Å². The van der Waals surface area contributed by atoms with Gasteiger partial charge in [0.2, 0.25) is 11.8 Å². The minimum absolute atomic E-state index is 0.0486. The Kier molecular flexibility index (Phi) is 6.45. The average Bonchev–Trinajstić information content (AvgIpc) is 2.86. The third kappa shape index (κ3) is 5.48. The molecular weight excluding hydrogens is 312 g/mol. The molecule has 3 amide bonds. The Morgan fingerprint density at radius 2 is 2.09 bits per heavy atom. The van der Waals surface area contributed by atoms with Crippen LogP contribution in [0.3, 0.4) is 0 Å². The van der Waals surface area contributed by atoms with E-state index in [0.29, 0.717) is 12.8 Å². The first-order valence-electron chi connectivity index (χ1n) is 6.40. The molecule has 10 heteroatoms. The van der Waals surface area contributed by atoms with Gasteiger partial charge in [0, 0.05) is 11.8 Å². The Labute approximate surface area is 129 Å². The smallest absolute Gasteiger partial charge is 0.326 e. The van der Waals surface area contributed by atoms with E-state index in [2.05, 4.69) is 15.6 Å². The minimum atomic E-state index is -1.43. The molecule has 1 aromatic heterocycles. The number of primary amides is 1. The zero-order valence-electron chi connectivity index (χ0n) is 11.8. The van der Waals surface area contributed by atoms with Crippen LogP contribution in [0.15, 0.2) is 5.38 Å². The fourth-order valence-electron chi connectivity index (χ4n) is 1.48. The van der Waals surface area contributed by atoms with Crippen LogP contribution in [0.5, 0.6) is 0 Å². The maximum absolute atomic E-state index is 11.9. The van der Waals surface area contributed by atoms with E-state index < -0.39 is 30.2 Å². The van der Waals surface area contributed by atoms with Gasteiger partial charge in [0.05, 0.1) is 6.42 Å². The van der Waals surface area contributed by atoms with Crippen molar-refractivity contribution >= 4 is 40.2 Å². The number of thiazole rings is 1. The van der Waals surface area contributed by atoms with Gasteiger partial charge in [0.15, 0.2) is 5.13 Å². The van der Waals surface area contributed by atoms with Gasteiger partial charge in [0.1, 0.15) is 11.7 Å². The summed E-state index contributed by atoms with van der Waals surface area (Å²) in [5.41, 5.74) is 4.87. The summed E-state index contributed by atoms with van der Waals surface area (Å²) in [6.07, 6.45) is 0.490. The van der Waals surface area contributed by atoms with Crippen molar-refractivity contribution in [1.82, 2.24) is 10.3 Å². The molecule has 22 heavy (non-hydrogen) atoms. The highest BCUT2D eigenvalue weighted by molar-refractivity contribution is 7.14. The van der Waals surface area contributed by atoms with Gasteiger partial charge in [-0.05, 0) is 6.42 Å². The molecule has 1 heterocycles. The number of hydrogen-bond acceptors (Lipinski definition) is 6. The number of carboxylic acid groups (broad SMARTS) is 1. The minimum Gasteiger partial charge on any atom is -0.480 e. The molecule has 0 aliphatic heterocycles. The lowest BCUT2D eigenvalue weighted by atomic mass is 10.2. The number of carbonyl (C=O) groups excluding carboxylic acids is 3. The van der Waals surface area contributed by atoms with Gasteiger partial charge in [-0.25, -0.2) is 9.78 Å². The SMILES string of the molecule is CCCC(=O)Nc1nc(C(=O)NC(CC(N)=O)C(=O)O)cs1. The zero-order valence-corrected chi connectivity index (χ0v) is 12.6. The molecular formula is C12H16N4O5S. The van der Waals surface area contributed by atoms with Crippen LogP contribution in [-0.4, -0.2) is 39.8 Å². The molecule has 0 fully saturated rings. The maximum Gasteiger partial charge on any atom is 0.326 e. The fourth-order valence-corrected chi connectivity index (χ4v) is 2.18. The Morgan fingerprint density at radius 1 is 1.41 bits per heavy atom. The monoisotopic (exact) mass is 328 g/mol. The second kappa shape index (κ2) is 8.08. The van der Waals surface area contributed by atoms with Crippen molar-refractivity contribution in [3.63, 3.8) is 0 Å². The highest BCUT2D eigenvalue weighted by atomic mass is 32.1. The number of hydrogen-bond donors (Lipinski definition) is 4. The van der Waals surface area contributed by atoms with Gasteiger partial charge in [-0.15, -0.1) is 11.3 Å². The lowest BCUT2D eigenvalue weighted by Gasteiger charge is -2.11. The van der Waals surface area contributed by atoms with Crippen molar-refractivity contribution in [3.05, 3.63) is 11.1 Å². The molecule has 0 radical (unpaired) electrons. The predicted molar refractivity (Wildman–Crippen MR) is 78.4 cm³/mol. The average molecular weight is 328 g/mol. The number of amides is 3. The Hall–Kier alpha value is -2.49. The van der Waals surface area contributed by atoms with E-state index in [9.17, 15) is 19.2 Å². The second-order valence-electron chi connectivity index (χ2n) is 4.37. The number of anilines is 1. The normalized spacial score (nSPS) is 11.5. The number of aromatic nitrogens is 1. The second-order valence-corrected chi connectivity index (χ2v) is 5.23.